The van der Waals surface area contributed by atoms with Gasteiger partial charge in [0.15, 0.2) is 5.03 Å². The summed E-state index contributed by atoms with van der Waals surface area (Å²) < 4.78 is 26.7. The highest BCUT2D eigenvalue weighted by molar-refractivity contribution is 7.89. The Morgan fingerprint density at radius 1 is 1.50 bits per heavy atom. The first-order chi connectivity index (χ1) is 8.18. The summed E-state index contributed by atoms with van der Waals surface area (Å²) in [6.45, 7) is 8.77. The zero-order chi connectivity index (χ0) is 14.0. The molecule has 0 amide bonds. The maximum absolute atomic E-state index is 12.1. The Hall–Kier alpha value is -0.920. The van der Waals surface area contributed by atoms with Gasteiger partial charge in [-0.2, -0.15) is 5.10 Å². The molecule has 1 atom stereocenters. The van der Waals surface area contributed by atoms with Gasteiger partial charge in [-0.1, -0.05) is 27.7 Å². The number of nitrogens with zero attached hydrogens (tertiary/aromatic N) is 1. The number of nitrogens with one attached hydrogen (secondary N) is 2. The Morgan fingerprint density at radius 2 is 2.11 bits per heavy atom. The summed E-state index contributed by atoms with van der Waals surface area (Å²) >= 11 is 0. The summed E-state index contributed by atoms with van der Waals surface area (Å²) in [5.41, 5.74) is 6.01. The van der Waals surface area contributed by atoms with Gasteiger partial charge in [-0.3, -0.25) is 5.10 Å². The first-order valence-corrected chi connectivity index (χ1v) is 7.38. The maximum Gasteiger partial charge on any atom is 0.257 e. The molecule has 0 aliphatic rings. The minimum Gasteiger partial charge on any atom is -0.326 e. The molecule has 0 fully saturated rings. The van der Waals surface area contributed by atoms with Crippen LogP contribution in [0.2, 0.25) is 0 Å². The van der Waals surface area contributed by atoms with Crippen LogP contribution in [0.1, 0.15) is 33.3 Å². The lowest BCUT2D eigenvalue weighted by atomic mass is 9.82. The van der Waals surface area contributed by atoms with E-state index in [0.29, 0.717) is 12.1 Å². The molecule has 0 saturated carbocycles. The number of hydrogen-bond acceptors (Lipinski definition) is 4. The molecule has 0 radical (unpaired) electrons. The van der Waals surface area contributed by atoms with Crippen molar-refractivity contribution in [2.75, 3.05) is 6.54 Å². The van der Waals surface area contributed by atoms with Gasteiger partial charge in [0.05, 0.1) is 6.20 Å². The third-order valence-electron chi connectivity index (χ3n) is 3.22. The summed E-state index contributed by atoms with van der Waals surface area (Å²) in [4.78, 5) is 0. The lowest BCUT2D eigenvalue weighted by Gasteiger charge is -2.27. The average Bonchev–Trinajstić information content (AvgIpc) is 2.73. The van der Waals surface area contributed by atoms with Crippen LogP contribution in [0.5, 0.6) is 0 Å². The average molecular weight is 274 g/mol. The van der Waals surface area contributed by atoms with Gasteiger partial charge in [-0.05, 0) is 11.3 Å². The highest BCUT2D eigenvalue weighted by Gasteiger charge is 2.24. The van der Waals surface area contributed by atoms with Crippen LogP contribution in [0.4, 0.5) is 0 Å². The summed E-state index contributed by atoms with van der Waals surface area (Å²) in [7, 11) is -3.56. The van der Waals surface area contributed by atoms with Crippen LogP contribution in [0.25, 0.3) is 0 Å². The van der Waals surface area contributed by atoms with Gasteiger partial charge in [0.25, 0.3) is 10.0 Å². The van der Waals surface area contributed by atoms with E-state index in [4.69, 9.17) is 5.73 Å². The number of nitrogens with two attached hydrogens (primary N) is 1. The molecule has 1 heterocycles. The van der Waals surface area contributed by atoms with E-state index < -0.39 is 10.0 Å². The second-order valence-electron chi connectivity index (χ2n) is 5.55. The van der Waals surface area contributed by atoms with E-state index >= 15 is 0 Å². The fraction of sp³-hybridized carbons (Fsp3) is 0.727. The summed E-state index contributed by atoms with van der Waals surface area (Å²) in [6.07, 6.45) is 1.43. The number of aromatic nitrogens is 2. The van der Waals surface area contributed by atoms with E-state index in [1.807, 2.05) is 6.92 Å². The van der Waals surface area contributed by atoms with Crippen LogP contribution >= 0.6 is 0 Å². The van der Waals surface area contributed by atoms with Crippen molar-refractivity contribution < 1.29 is 8.42 Å². The molecule has 1 aromatic rings. The first-order valence-electron chi connectivity index (χ1n) is 5.90. The smallest absolute Gasteiger partial charge is 0.257 e. The molecular formula is C11H22N4O2S. The normalized spacial score (nSPS) is 14.7. The largest absolute Gasteiger partial charge is 0.326 e. The van der Waals surface area contributed by atoms with E-state index in [-0.39, 0.29) is 22.9 Å². The highest BCUT2D eigenvalue weighted by atomic mass is 32.2. The number of hydrogen-bond donors (Lipinski definition) is 3. The standard InChI is InChI=1S/C11H22N4O2S/c1-8(11(2,3)4)6-14-18(16,17)10-9(5-12)7-13-15-10/h7-8,14H,5-6,12H2,1-4H3,(H,13,15). The molecule has 6 nitrogen and oxygen atoms in total. The predicted octanol–water partition coefficient (Wildman–Crippen LogP) is 0.829. The van der Waals surface area contributed by atoms with E-state index in [0.717, 1.165) is 0 Å². The first kappa shape index (κ1) is 15.1. The molecule has 1 rings (SSSR count). The van der Waals surface area contributed by atoms with Gasteiger partial charge >= 0.3 is 0 Å². The third-order valence-corrected chi connectivity index (χ3v) is 4.66. The molecular weight excluding hydrogens is 252 g/mol. The molecule has 0 bridgehead atoms. The van der Waals surface area contributed by atoms with Crippen molar-refractivity contribution in [1.82, 2.24) is 14.9 Å². The molecule has 4 N–H and O–H groups in total. The summed E-state index contributed by atoms with van der Waals surface area (Å²) in [5, 5.41) is 6.25. The second-order valence-corrected chi connectivity index (χ2v) is 7.25. The Balaban J connectivity index is 2.78. The summed E-state index contributed by atoms with van der Waals surface area (Å²) in [6, 6.07) is 0. The van der Waals surface area contributed by atoms with Crippen molar-refractivity contribution >= 4 is 10.0 Å². The lowest BCUT2D eigenvalue weighted by molar-refractivity contribution is 0.263. The lowest BCUT2D eigenvalue weighted by Crippen LogP contribution is -2.34. The topological polar surface area (TPSA) is 101 Å². The van der Waals surface area contributed by atoms with Crippen molar-refractivity contribution in [3.05, 3.63) is 11.8 Å². The van der Waals surface area contributed by atoms with Crippen molar-refractivity contribution in [3.63, 3.8) is 0 Å². The van der Waals surface area contributed by atoms with E-state index in [1.165, 1.54) is 6.20 Å². The SMILES string of the molecule is CC(CNS(=O)(=O)c1[nH]ncc1CN)C(C)(C)C. The minimum atomic E-state index is -3.56. The molecule has 0 aliphatic heterocycles. The quantitative estimate of drug-likeness (QED) is 0.740. The minimum absolute atomic E-state index is 0.0488. The molecule has 104 valence electrons. The number of H-pyrrole nitrogens is 1. The zero-order valence-electron chi connectivity index (χ0n) is 11.3. The van der Waals surface area contributed by atoms with Crippen molar-refractivity contribution in [1.29, 1.82) is 0 Å². The monoisotopic (exact) mass is 274 g/mol. The molecule has 0 aliphatic carbocycles. The van der Waals surface area contributed by atoms with Gasteiger partial charge in [-0.25, -0.2) is 13.1 Å². The van der Waals surface area contributed by atoms with Crippen molar-refractivity contribution in [2.24, 2.45) is 17.1 Å². The molecule has 18 heavy (non-hydrogen) atoms. The maximum atomic E-state index is 12.1. The molecule has 7 heteroatoms. The highest BCUT2D eigenvalue weighted by Crippen LogP contribution is 2.24. The Bertz CT molecular complexity index is 487. The Morgan fingerprint density at radius 3 is 2.61 bits per heavy atom. The Labute approximate surface area is 108 Å². The van der Waals surface area contributed by atoms with Gasteiger partial charge in [0.2, 0.25) is 0 Å². The number of aromatic amines is 1. The van der Waals surface area contributed by atoms with E-state index in [9.17, 15) is 8.42 Å². The van der Waals surface area contributed by atoms with Gasteiger partial charge in [-0.15, -0.1) is 0 Å². The zero-order valence-corrected chi connectivity index (χ0v) is 12.1. The van der Waals surface area contributed by atoms with Crippen LogP contribution in [0, 0.1) is 11.3 Å². The van der Waals surface area contributed by atoms with Crippen LogP contribution in [-0.4, -0.2) is 25.2 Å². The van der Waals surface area contributed by atoms with Gasteiger partial charge in [0.1, 0.15) is 0 Å². The Kier molecular flexibility index (Phi) is 4.52. The number of rotatable bonds is 5. The molecule has 1 aromatic heterocycles. The van der Waals surface area contributed by atoms with Crippen LogP contribution in [-0.2, 0) is 16.6 Å². The third kappa shape index (κ3) is 3.54. The van der Waals surface area contributed by atoms with Gasteiger partial charge in [0, 0.05) is 18.7 Å². The molecule has 1 unspecified atom stereocenters. The molecule has 0 spiro atoms. The predicted molar refractivity (Wildman–Crippen MR) is 70.3 cm³/mol. The number of sulfonamides is 1. The van der Waals surface area contributed by atoms with E-state index in [1.54, 1.807) is 0 Å². The fourth-order valence-electron chi connectivity index (χ4n) is 1.29. The van der Waals surface area contributed by atoms with Crippen LogP contribution in [0.3, 0.4) is 0 Å². The fourth-order valence-corrected chi connectivity index (χ4v) is 2.56. The summed E-state index contributed by atoms with van der Waals surface area (Å²) in [5.74, 6) is 0.219. The molecule has 0 saturated heterocycles. The van der Waals surface area contributed by atoms with Gasteiger partial charge < -0.3 is 5.73 Å². The van der Waals surface area contributed by atoms with Crippen molar-refractivity contribution in [2.45, 2.75) is 39.3 Å². The van der Waals surface area contributed by atoms with E-state index in [2.05, 4.69) is 35.7 Å². The second kappa shape index (κ2) is 5.38. The van der Waals surface area contributed by atoms with Crippen LogP contribution < -0.4 is 10.5 Å². The van der Waals surface area contributed by atoms with Crippen LogP contribution in [0.15, 0.2) is 11.2 Å². The molecule has 0 aromatic carbocycles. The van der Waals surface area contributed by atoms with Crippen molar-refractivity contribution in [3.8, 4) is 0 Å².